The summed E-state index contributed by atoms with van der Waals surface area (Å²) in [7, 11) is -3.42. The molecule has 0 spiro atoms. The Bertz CT molecular complexity index is 1050. The summed E-state index contributed by atoms with van der Waals surface area (Å²) in [5.41, 5.74) is 7.98. The van der Waals surface area contributed by atoms with Crippen molar-refractivity contribution in [2.75, 3.05) is 6.61 Å². The van der Waals surface area contributed by atoms with Crippen molar-refractivity contribution in [2.24, 2.45) is 5.73 Å². The quantitative estimate of drug-likeness (QED) is 0.803. The highest BCUT2D eigenvalue weighted by molar-refractivity contribution is 7.90. The van der Waals surface area contributed by atoms with Crippen molar-refractivity contribution in [3.05, 3.63) is 52.9 Å². The number of fused-ring (bicyclic) bond motifs is 1. The molecule has 29 heavy (non-hydrogen) atoms. The highest BCUT2D eigenvalue weighted by Gasteiger charge is 2.42. The van der Waals surface area contributed by atoms with Gasteiger partial charge in [0.05, 0.1) is 23.7 Å². The smallest absolute Gasteiger partial charge is 0.256 e. The Morgan fingerprint density at radius 3 is 2.72 bits per heavy atom. The molecule has 1 saturated carbocycles. The Balaban J connectivity index is 1.30. The second-order valence-corrected chi connectivity index (χ2v) is 10.1. The van der Waals surface area contributed by atoms with E-state index in [1.165, 1.54) is 4.09 Å². The van der Waals surface area contributed by atoms with E-state index in [4.69, 9.17) is 10.5 Å². The van der Waals surface area contributed by atoms with Crippen LogP contribution >= 0.6 is 0 Å². The normalized spacial score (nSPS) is 27.9. The van der Waals surface area contributed by atoms with Gasteiger partial charge in [-0.2, -0.15) is 9.19 Å². The molecule has 3 heterocycles. The van der Waals surface area contributed by atoms with Crippen LogP contribution in [0.15, 0.2) is 24.4 Å². The zero-order chi connectivity index (χ0) is 20.3. The Morgan fingerprint density at radius 2 is 2.00 bits per heavy atom. The number of hydrogen-bond donors (Lipinski definition) is 1. The van der Waals surface area contributed by atoms with E-state index in [9.17, 15) is 17.2 Å². The maximum atomic E-state index is 14.1. The van der Waals surface area contributed by atoms with Crippen LogP contribution in [-0.2, 0) is 27.8 Å². The molecule has 5 rings (SSSR count). The second kappa shape index (κ2) is 6.83. The van der Waals surface area contributed by atoms with Gasteiger partial charge >= 0.3 is 0 Å². The molecule has 10 heteroatoms. The molecule has 2 aliphatic heterocycles. The number of ether oxygens (including phenoxy) is 1. The summed E-state index contributed by atoms with van der Waals surface area (Å²) in [6, 6.07) is 2.73. The third kappa shape index (κ3) is 3.27. The second-order valence-electron chi connectivity index (χ2n) is 8.08. The van der Waals surface area contributed by atoms with E-state index in [0.717, 1.165) is 23.8 Å². The highest BCUT2D eigenvalue weighted by atomic mass is 32.2. The van der Waals surface area contributed by atoms with Crippen LogP contribution in [0.5, 0.6) is 0 Å². The highest BCUT2D eigenvalue weighted by Crippen LogP contribution is 2.36. The summed E-state index contributed by atoms with van der Waals surface area (Å²) in [6.45, 7) is 1.32. The molecule has 0 radical (unpaired) electrons. The summed E-state index contributed by atoms with van der Waals surface area (Å²) in [6.07, 6.45) is 2.81. The molecular weight excluding hydrogens is 402 g/mol. The van der Waals surface area contributed by atoms with Gasteiger partial charge in [-0.25, -0.2) is 17.2 Å². The summed E-state index contributed by atoms with van der Waals surface area (Å²) in [4.78, 5) is 2.11. The Morgan fingerprint density at radius 1 is 1.21 bits per heavy atom. The van der Waals surface area contributed by atoms with Crippen LogP contribution in [0.1, 0.15) is 42.2 Å². The number of halogens is 2. The lowest BCUT2D eigenvalue weighted by molar-refractivity contribution is -0.0533. The van der Waals surface area contributed by atoms with Crippen molar-refractivity contribution in [1.82, 2.24) is 14.1 Å². The van der Waals surface area contributed by atoms with E-state index in [0.29, 0.717) is 44.7 Å². The van der Waals surface area contributed by atoms with E-state index < -0.39 is 33.8 Å². The fraction of sp³-hybridized carbons (Fsp3) is 0.526. The van der Waals surface area contributed by atoms with Crippen molar-refractivity contribution in [3.63, 3.8) is 0 Å². The number of nitrogens with zero attached hydrogens (tertiary/aromatic N) is 3. The molecule has 2 aromatic rings. The van der Waals surface area contributed by atoms with Crippen molar-refractivity contribution in [1.29, 1.82) is 0 Å². The van der Waals surface area contributed by atoms with E-state index in [1.54, 1.807) is 6.20 Å². The van der Waals surface area contributed by atoms with E-state index in [1.807, 2.05) is 0 Å². The van der Waals surface area contributed by atoms with Gasteiger partial charge in [-0.3, -0.25) is 4.90 Å². The number of benzene rings is 1. The predicted octanol–water partition coefficient (Wildman–Crippen LogP) is 1.67. The fourth-order valence-corrected chi connectivity index (χ4v) is 5.96. The molecule has 1 aromatic carbocycles. The zero-order valence-electron chi connectivity index (χ0n) is 15.7. The molecule has 1 aromatic heterocycles. The van der Waals surface area contributed by atoms with Gasteiger partial charge in [-0.15, -0.1) is 0 Å². The first kappa shape index (κ1) is 19.1. The number of aromatic nitrogens is 2. The average Bonchev–Trinajstić information content (AvgIpc) is 3.35. The van der Waals surface area contributed by atoms with Crippen molar-refractivity contribution >= 4 is 10.0 Å². The van der Waals surface area contributed by atoms with Gasteiger partial charge in [0.1, 0.15) is 17.7 Å². The van der Waals surface area contributed by atoms with Crippen LogP contribution in [-0.4, -0.2) is 46.4 Å². The third-order valence-electron chi connectivity index (χ3n) is 6.02. The zero-order valence-corrected chi connectivity index (χ0v) is 16.5. The largest absolute Gasteiger partial charge is 0.370 e. The summed E-state index contributed by atoms with van der Waals surface area (Å²) in [5, 5.41) is 3.78. The monoisotopic (exact) mass is 424 g/mol. The van der Waals surface area contributed by atoms with Crippen molar-refractivity contribution in [3.8, 4) is 0 Å². The maximum absolute atomic E-state index is 14.1. The summed E-state index contributed by atoms with van der Waals surface area (Å²) < 4.78 is 59.8. The van der Waals surface area contributed by atoms with Crippen LogP contribution in [0.2, 0.25) is 0 Å². The molecule has 3 unspecified atom stereocenters. The SMILES string of the molecule is NC1CC(N2Cc3cnn(S(=O)(=O)C4CC4)c3C2)COC1c1cc(F)ccc1F. The van der Waals surface area contributed by atoms with Crippen LogP contribution in [0.3, 0.4) is 0 Å². The van der Waals surface area contributed by atoms with Crippen molar-refractivity contribution in [2.45, 2.75) is 55.8 Å². The topological polar surface area (TPSA) is 90.5 Å². The van der Waals surface area contributed by atoms with Gasteiger partial charge in [0.2, 0.25) is 0 Å². The molecule has 156 valence electrons. The Hall–Kier alpha value is -1.88. The molecule has 2 N–H and O–H groups in total. The van der Waals surface area contributed by atoms with E-state index in [-0.39, 0.29) is 16.9 Å². The van der Waals surface area contributed by atoms with Crippen molar-refractivity contribution < 1.29 is 21.9 Å². The van der Waals surface area contributed by atoms with Crippen LogP contribution in [0.25, 0.3) is 0 Å². The van der Waals surface area contributed by atoms with Gasteiger partial charge < -0.3 is 10.5 Å². The lowest BCUT2D eigenvalue weighted by atomic mass is 9.93. The minimum Gasteiger partial charge on any atom is -0.370 e. The number of nitrogens with two attached hydrogens (primary N) is 1. The lowest BCUT2D eigenvalue weighted by Crippen LogP contribution is -2.48. The first-order valence-corrected chi connectivity index (χ1v) is 11.2. The lowest BCUT2D eigenvalue weighted by Gasteiger charge is -2.38. The first-order chi connectivity index (χ1) is 13.8. The van der Waals surface area contributed by atoms with Gasteiger partial charge in [0.15, 0.2) is 0 Å². The molecule has 7 nitrogen and oxygen atoms in total. The Labute approximate surface area is 167 Å². The number of rotatable bonds is 4. The van der Waals surface area contributed by atoms with Crippen LogP contribution in [0.4, 0.5) is 8.78 Å². The van der Waals surface area contributed by atoms with Crippen LogP contribution < -0.4 is 5.73 Å². The minimum atomic E-state index is -3.42. The van der Waals surface area contributed by atoms with E-state index >= 15 is 0 Å². The Kier molecular flexibility index (Phi) is 4.50. The molecular formula is C19H22F2N4O3S. The molecule has 3 atom stereocenters. The van der Waals surface area contributed by atoms with E-state index in [2.05, 4.69) is 10.00 Å². The van der Waals surface area contributed by atoms with Gasteiger partial charge in [0.25, 0.3) is 10.0 Å². The minimum absolute atomic E-state index is 0.0395. The summed E-state index contributed by atoms with van der Waals surface area (Å²) in [5.74, 6) is -1.07. The predicted molar refractivity (Wildman–Crippen MR) is 100 cm³/mol. The first-order valence-electron chi connectivity index (χ1n) is 9.71. The molecule has 0 bridgehead atoms. The van der Waals surface area contributed by atoms with Crippen LogP contribution in [0, 0.1) is 11.6 Å². The maximum Gasteiger partial charge on any atom is 0.256 e. The third-order valence-corrected chi connectivity index (χ3v) is 8.13. The van der Waals surface area contributed by atoms with Gasteiger partial charge in [-0.05, 0) is 37.5 Å². The number of hydrogen-bond acceptors (Lipinski definition) is 6. The standard InChI is InChI=1S/C19H22F2N4O3S/c20-12-1-4-16(21)15(5-12)19-17(22)6-13(10-28-19)24-8-11-7-23-25(18(11)9-24)29(26,27)14-2-3-14/h1,4-5,7,13-14,17,19H,2-3,6,8-10,22H2. The molecule has 0 amide bonds. The molecule has 2 fully saturated rings. The fourth-order valence-electron chi connectivity index (χ4n) is 4.29. The van der Waals surface area contributed by atoms with Gasteiger partial charge in [0, 0.05) is 36.3 Å². The molecule has 1 aliphatic carbocycles. The molecule has 1 saturated heterocycles. The average molecular weight is 424 g/mol. The molecule has 3 aliphatic rings. The summed E-state index contributed by atoms with van der Waals surface area (Å²) >= 11 is 0. The van der Waals surface area contributed by atoms with Gasteiger partial charge in [-0.1, -0.05) is 0 Å².